The lowest BCUT2D eigenvalue weighted by Gasteiger charge is -2.29. The monoisotopic (exact) mass is 434 g/mol. The van der Waals surface area contributed by atoms with E-state index in [1.54, 1.807) is 32.9 Å². The Balaban J connectivity index is 1.89. The summed E-state index contributed by atoms with van der Waals surface area (Å²) in [5.41, 5.74) is 2.98. The second-order valence-electron chi connectivity index (χ2n) is 9.20. The molecule has 166 valence electrons. The molecule has 3 aromatic rings. The summed E-state index contributed by atoms with van der Waals surface area (Å²) in [6, 6.07) is 12.3. The minimum Gasteiger partial charge on any atom is -0.459 e. The highest BCUT2D eigenvalue weighted by Crippen LogP contribution is 2.40. The third-order valence-corrected chi connectivity index (χ3v) is 5.75. The Hall–Kier alpha value is -3.41. The van der Waals surface area contributed by atoms with Crippen molar-refractivity contribution in [2.24, 2.45) is 0 Å². The second kappa shape index (κ2) is 7.93. The van der Waals surface area contributed by atoms with Gasteiger partial charge < -0.3 is 14.6 Å². The number of amides is 1. The Kier molecular flexibility index (Phi) is 5.41. The zero-order chi connectivity index (χ0) is 23.2. The highest BCUT2D eigenvalue weighted by atomic mass is 19.1. The van der Waals surface area contributed by atoms with Crippen LogP contribution in [0.1, 0.15) is 54.9 Å². The topological polar surface area (TPSA) is 62.4 Å². The van der Waals surface area contributed by atoms with E-state index in [-0.39, 0.29) is 23.1 Å². The van der Waals surface area contributed by atoms with Crippen LogP contribution < -0.4 is 0 Å². The van der Waals surface area contributed by atoms with Crippen molar-refractivity contribution in [3.05, 3.63) is 76.9 Å². The Bertz CT molecular complexity index is 1250. The first-order valence-corrected chi connectivity index (χ1v) is 10.7. The minimum atomic E-state index is -0.515. The summed E-state index contributed by atoms with van der Waals surface area (Å²) < 4.78 is 19.7. The van der Waals surface area contributed by atoms with E-state index >= 15 is 0 Å². The summed E-state index contributed by atoms with van der Waals surface area (Å²) >= 11 is 0. The number of carbonyl (C=O) groups is 2. The fraction of sp³-hybridized carbons (Fsp3) is 0.308. The van der Waals surface area contributed by atoms with Gasteiger partial charge in [0, 0.05) is 34.6 Å². The lowest BCUT2D eigenvalue weighted by molar-refractivity contribution is -0.140. The van der Waals surface area contributed by atoms with Gasteiger partial charge in [0.05, 0.1) is 17.4 Å². The highest BCUT2D eigenvalue weighted by molar-refractivity contribution is 6.18. The molecule has 4 rings (SSSR count). The number of aromatic amines is 1. The molecule has 0 aliphatic carbocycles. The first kappa shape index (κ1) is 21.8. The van der Waals surface area contributed by atoms with Crippen LogP contribution in [0, 0.1) is 12.7 Å². The average Bonchev–Trinajstić information content (AvgIpc) is 3.06. The maximum atomic E-state index is 14.2. The number of para-hydroxylation sites is 1. The van der Waals surface area contributed by atoms with Crippen LogP contribution in [0.4, 0.5) is 4.39 Å². The molecule has 0 unspecified atom stereocenters. The van der Waals surface area contributed by atoms with E-state index in [0.717, 1.165) is 16.5 Å². The van der Waals surface area contributed by atoms with Crippen LogP contribution in [0.2, 0.25) is 0 Å². The van der Waals surface area contributed by atoms with Crippen molar-refractivity contribution in [3.63, 3.8) is 0 Å². The van der Waals surface area contributed by atoms with Gasteiger partial charge in [0.1, 0.15) is 5.82 Å². The van der Waals surface area contributed by atoms with Crippen LogP contribution in [-0.4, -0.2) is 34.4 Å². The predicted octanol–water partition coefficient (Wildman–Crippen LogP) is 5.34. The maximum Gasteiger partial charge on any atom is 0.342 e. The smallest absolute Gasteiger partial charge is 0.342 e. The number of rotatable bonds is 3. The summed E-state index contributed by atoms with van der Waals surface area (Å²) in [5.74, 6) is -1.33. The Morgan fingerprint density at radius 1 is 1.16 bits per heavy atom. The van der Waals surface area contributed by atoms with Crippen molar-refractivity contribution >= 4 is 28.4 Å². The number of aryl methyl sites for hydroxylation is 1. The van der Waals surface area contributed by atoms with Gasteiger partial charge in [-0.05, 0) is 50.1 Å². The molecule has 0 spiro atoms. The summed E-state index contributed by atoms with van der Waals surface area (Å²) in [5, 5.41) is 0.992. The number of H-pyrrole nitrogens is 1. The molecule has 32 heavy (non-hydrogen) atoms. The van der Waals surface area contributed by atoms with Crippen LogP contribution in [0.15, 0.2) is 48.7 Å². The van der Waals surface area contributed by atoms with Gasteiger partial charge in [0.15, 0.2) is 0 Å². The molecule has 0 fully saturated rings. The summed E-state index contributed by atoms with van der Waals surface area (Å²) in [4.78, 5) is 31.3. The van der Waals surface area contributed by atoms with Crippen LogP contribution >= 0.6 is 0 Å². The molecular formula is C26H27FN2O3. The molecule has 2 heterocycles. The Morgan fingerprint density at radius 3 is 2.56 bits per heavy atom. The van der Waals surface area contributed by atoms with Gasteiger partial charge in [0.25, 0.3) is 5.91 Å². The molecule has 0 saturated carbocycles. The van der Waals surface area contributed by atoms with Gasteiger partial charge in [-0.3, -0.25) is 4.79 Å². The third-order valence-electron chi connectivity index (χ3n) is 5.75. The number of aromatic nitrogens is 1. The molecule has 5 nitrogen and oxygen atoms in total. The van der Waals surface area contributed by atoms with Crippen molar-refractivity contribution < 1.29 is 18.7 Å². The molecule has 0 saturated heterocycles. The molecule has 1 aliphatic heterocycles. The largest absolute Gasteiger partial charge is 0.459 e. The number of fused-ring (bicyclic) bond motifs is 3. The standard InChI is InChI=1S/C26H27FN2O3/c1-15(2)32-25(31)19-13-29(24(30)17-11-10-16(3)20(27)12-17)14-26(4,5)22-18-8-6-7-9-21(18)28-23(19)22/h6-13,15,28H,14H2,1-5H3. The third kappa shape index (κ3) is 3.81. The number of esters is 1. The first-order chi connectivity index (χ1) is 15.1. The lowest BCUT2D eigenvalue weighted by Crippen LogP contribution is -2.37. The molecule has 1 aliphatic rings. The van der Waals surface area contributed by atoms with Crippen LogP contribution in [-0.2, 0) is 14.9 Å². The number of nitrogens with one attached hydrogen (secondary N) is 1. The van der Waals surface area contributed by atoms with Crippen molar-refractivity contribution in [1.82, 2.24) is 9.88 Å². The maximum absolute atomic E-state index is 14.2. The van der Waals surface area contributed by atoms with Gasteiger partial charge in [-0.2, -0.15) is 0 Å². The highest BCUT2D eigenvalue weighted by Gasteiger charge is 2.37. The summed E-state index contributed by atoms with van der Waals surface area (Å²) in [6.07, 6.45) is 1.22. The fourth-order valence-electron chi connectivity index (χ4n) is 4.27. The Morgan fingerprint density at radius 2 is 1.88 bits per heavy atom. The van der Waals surface area contributed by atoms with E-state index in [1.165, 1.54) is 17.2 Å². The van der Waals surface area contributed by atoms with Crippen LogP contribution in [0.5, 0.6) is 0 Å². The van der Waals surface area contributed by atoms with Crippen LogP contribution in [0.25, 0.3) is 16.5 Å². The molecule has 1 aromatic heterocycles. The fourth-order valence-corrected chi connectivity index (χ4v) is 4.27. The number of benzene rings is 2. The molecule has 0 bridgehead atoms. The zero-order valence-corrected chi connectivity index (χ0v) is 19.0. The molecule has 2 aromatic carbocycles. The van der Waals surface area contributed by atoms with E-state index in [1.807, 2.05) is 38.1 Å². The van der Waals surface area contributed by atoms with E-state index in [0.29, 0.717) is 17.8 Å². The Labute approximate surface area is 186 Å². The molecular weight excluding hydrogens is 407 g/mol. The number of hydrogen-bond acceptors (Lipinski definition) is 3. The number of carbonyl (C=O) groups excluding carboxylic acids is 2. The van der Waals surface area contributed by atoms with E-state index in [9.17, 15) is 14.0 Å². The molecule has 1 N–H and O–H groups in total. The number of halogens is 1. The summed E-state index contributed by atoms with van der Waals surface area (Å²) in [6.45, 7) is 9.59. The predicted molar refractivity (Wildman–Crippen MR) is 123 cm³/mol. The normalized spacial score (nSPS) is 15.3. The quantitative estimate of drug-likeness (QED) is 0.566. The van der Waals surface area contributed by atoms with Crippen molar-refractivity contribution in [3.8, 4) is 0 Å². The van der Waals surface area contributed by atoms with Crippen molar-refractivity contribution in [2.45, 2.75) is 46.1 Å². The summed E-state index contributed by atoms with van der Waals surface area (Å²) in [7, 11) is 0. The van der Waals surface area contributed by atoms with Crippen LogP contribution in [0.3, 0.4) is 0 Å². The SMILES string of the molecule is Cc1ccc(C(=O)N2C=C(C(=O)OC(C)C)c3[nH]c4ccccc4c3C(C)(C)C2)cc1F. The molecule has 0 atom stereocenters. The van der Waals surface area contributed by atoms with Gasteiger partial charge in [-0.25, -0.2) is 9.18 Å². The number of ether oxygens (including phenoxy) is 1. The van der Waals surface area contributed by atoms with Crippen molar-refractivity contribution in [2.75, 3.05) is 6.54 Å². The van der Waals surface area contributed by atoms with Gasteiger partial charge in [-0.1, -0.05) is 38.1 Å². The zero-order valence-electron chi connectivity index (χ0n) is 19.0. The van der Waals surface area contributed by atoms with Crippen molar-refractivity contribution in [1.29, 1.82) is 0 Å². The van der Waals surface area contributed by atoms with E-state index in [2.05, 4.69) is 4.98 Å². The molecule has 1 amide bonds. The average molecular weight is 435 g/mol. The number of hydrogen-bond donors (Lipinski definition) is 1. The number of nitrogens with zero attached hydrogens (tertiary/aromatic N) is 1. The van der Waals surface area contributed by atoms with Gasteiger partial charge >= 0.3 is 5.97 Å². The first-order valence-electron chi connectivity index (χ1n) is 10.7. The van der Waals surface area contributed by atoms with Gasteiger partial charge in [0.2, 0.25) is 0 Å². The second-order valence-corrected chi connectivity index (χ2v) is 9.20. The van der Waals surface area contributed by atoms with Gasteiger partial charge in [-0.15, -0.1) is 0 Å². The molecule has 6 heteroatoms. The minimum absolute atomic E-state index is 0.229. The van der Waals surface area contributed by atoms with E-state index < -0.39 is 17.2 Å². The van der Waals surface area contributed by atoms with E-state index in [4.69, 9.17) is 4.74 Å². The molecule has 0 radical (unpaired) electrons. The lowest BCUT2D eigenvalue weighted by atomic mass is 9.81.